The Labute approximate surface area is 112 Å². The van der Waals surface area contributed by atoms with Gasteiger partial charge in [0.15, 0.2) is 0 Å². The number of hydrogen-bond donors (Lipinski definition) is 1. The van der Waals surface area contributed by atoms with Gasteiger partial charge < -0.3 is 10.2 Å². The number of likely N-dealkylation sites (tertiary alicyclic amines) is 1. The minimum absolute atomic E-state index is 0.247. The summed E-state index contributed by atoms with van der Waals surface area (Å²) in [6, 6.07) is 0.506. The first kappa shape index (κ1) is 15.5. The van der Waals surface area contributed by atoms with Crippen LogP contribution in [0, 0.1) is 11.3 Å². The van der Waals surface area contributed by atoms with Crippen LogP contribution in [-0.4, -0.2) is 36.5 Å². The van der Waals surface area contributed by atoms with Crippen LogP contribution in [0.15, 0.2) is 0 Å². The Morgan fingerprint density at radius 2 is 2.11 bits per heavy atom. The average molecular weight is 254 g/mol. The molecule has 0 aliphatic carbocycles. The van der Waals surface area contributed by atoms with Gasteiger partial charge in [-0.2, -0.15) is 0 Å². The number of hydrogen-bond acceptors (Lipinski definition) is 2. The van der Waals surface area contributed by atoms with E-state index in [1.54, 1.807) is 0 Å². The van der Waals surface area contributed by atoms with Crippen molar-refractivity contribution in [3.8, 4) is 0 Å². The van der Waals surface area contributed by atoms with Crippen molar-refractivity contribution < 1.29 is 4.79 Å². The van der Waals surface area contributed by atoms with E-state index < -0.39 is 0 Å². The van der Waals surface area contributed by atoms with E-state index in [0.29, 0.717) is 17.9 Å². The van der Waals surface area contributed by atoms with Crippen LogP contribution in [0.2, 0.25) is 0 Å². The topological polar surface area (TPSA) is 32.3 Å². The van der Waals surface area contributed by atoms with Crippen LogP contribution >= 0.6 is 0 Å². The molecule has 1 saturated heterocycles. The van der Waals surface area contributed by atoms with E-state index in [0.717, 1.165) is 32.5 Å². The fraction of sp³-hybridized carbons (Fsp3) is 0.933. The Hall–Kier alpha value is -0.570. The first-order valence-corrected chi connectivity index (χ1v) is 7.35. The number of amides is 1. The van der Waals surface area contributed by atoms with E-state index in [9.17, 15) is 4.79 Å². The molecule has 0 radical (unpaired) electrons. The van der Waals surface area contributed by atoms with Gasteiger partial charge >= 0.3 is 0 Å². The van der Waals surface area contributed by atoms with Crippen molar-refractivity contribution in [3.05, 3.63) is 0 Å². The second-order valence-corrected chi connectivity index (χ2v) is 6.75. The summed E-state index contributed by atoms with van der Waals surface area (Å²) in [6.45, 7) is 14.0. The van der Waals surface area contributed by atoms with Crippen LogP contribution in [0.4, 0.5) is 0 Å². The predicted octanol–water partition coefficient (Wildman–Crippen LogP) is 2.66. The zero-order chi connectivity index (χ0) is 13.8. The first-order chi connectivity index (χ1) is 8.34. The van der Waals surface area contributed by atoms with E-state index in [1.807, 2.05) is 0 Å². The summed E-state index contributed by atoms with van der Waals surface area (Å²) in [6.07, 6.45) is 2.96. The molecule has 0 aromatic heterocycles. The van der Waals surface area contributed by atoms with Crippen LogP contribution in [0.3, 0.4) is 0 Å². The van der Waals surface area contributed by atoms with Gasteiger partial charge in [-0.15, -0.1) is 0 Å². The lowest BCUT2D eigenvalue weighted by molar-refractivity contribution is -0.127. The molecule has 3 nitrogen and oxygen atoms in total. The van der Waals surface area contributed by atoms with Gasteiger partial charge in [0, 0.05) is 25.6 Å². The second-order valence-electron chi connectivity index (χ2n) is 6.75. The van der Waals surface area contributed by atoms with Crippen LogP contribution in [-0.2, 0) is 4.79 Å². The Balaban J connectivity index is 2.33. The molecule has 1 heterocycles. The molecule has 0 saturated carbocycles. The van der Waals surface area contributed by atoms with Gasteiger partial charge in [-0.25, -0.2) is 0 Å². The molecule has 106 valence electrons. The molecule has 0 aromatic rings. The van der Waals surface area contributed by atoms with Crippen molar-refractivity contribution in [1.82, 2.24) is 10.2 Å². The number of nitrogens with zero attached hydrogens (tertiary/aromatic N) is 1. The molecule has 0 aromatic carbocycles. The minimum atomic E-state index is 0.247. The Bertz CT molecular complexity index is 270. The highest BCUT2D eigenvalue weighted by molar-refractivity contribution is 5.78. The lowest BCUT2D eigenvalue weighted by atomic mass is 9.80. The second kappa shape index (κ2) is 6.55. The maximum Gasteiger partial charge on any atom is 0.222 e. The van der Waals surface area contributed by atoms with Gasteiger partial charge in [-0.3, -0.25) is 4.79 Å². The standard InChI is InChI=1S/C15H30N2O/c1-6-8-16-12(2)7-9-17-11-13(10-14(17)18)15(3,4)5/h12-13,16H,6-11H2,1-5H3. The molecule has 1 N–H and O–H groups in total. The number of rotatable bonds is 6. The number of carbonyl (C=O) groups is 1. The summed E-state index contributed by atoms with van der Waals surface area (Å²) in [7, 11) is 0. The van der Waals surface area contributed by atoms with Crippen molar-refractivity contribution in [2.75, 3.05) is 19.6 Å². The summed E-state index contributed by atoms with van der Waals surface area (Å²) < 4.78 is 0. The number of carbonyl (C=O) groups excluding carboxylic acids is 1. The molecule has 1 amide bonds. The molecule has 1 fully saturated rings. The Morgan fingerprint density at radius 1 is 1.44 bits per heavy atom. The summed E-state index contributed by atoms with van der Waals surface area (Å²) >= 11 is 0. The maximum absolute atomic E-state index is 12.0. The predicted molar refractivity (Wildman–Crippen MR) is 76.5 cm³/mol. The minimum Gasteiger partial charge on any atom is -0.342 e. The molecule has 3 heteroatoms. The Kier molecular flexibility index (Phi) is 5.64. The largest absolute Gasteiger partial charge is 0.342 e. The molecular weight excluding hydrogens is 224 g/mol. The third-order valence-electron chi connectivity index (χ3n) is 4.01. The SMILES string of the molecule is CCCNC(C)CCN1CC(C(C)(C)C)CC1=O. The summed E-state index contributed by atoms with van der Waals surface area (Å²) in [5, 5.41) is 3.47. The van der Waals surface area contributed by atoms with Gasteiger partial charge in [-0.1, -0.05) is 27.7 Å². The van der Waals surface area contributed by atoms with Crippen molar-refractivity contribution >= 4 is 5.91 Å². The normalized spacial score (nSPS) is 22.6. The number of nitrogens with one attached hydrogen (secondary N) is 1. The zero-order valence-electron chi connectivity index (χ0n) is 12.8. The quantitative estimate of drug-likeness (QED) is 0.790. The van der Waals surface area contributed by atoms with Crippen LogP contribution < -0.4 is 5.32 Å². The summed E-state index contributed by atoms with van der Waals surface area (Å²) in [5.74, 6) is 0.863. The first-order valence-electron chi connectivity index (χ1n) is 7.35. The lowest BCUT2D eigenvalue weighted by Crippen LogP contribution is -2.34. The van der Waals surface area contributed by atoms with Crippen molar-refractivity contribution in [2.45, 2.75) is 59.9 Å². The fourth-order valence-electron chi connectivity index (χ4n) is 2.41. The van der Waals surface area contributed by atoms with Crippen molar-refractivity contribution in [3.63, 3.8) is 0 Å². The molecule has 1 aliphatic rings. The molecule has 0 spiro atoms. The van der Waals surface area contributed by atoms with Gasteiger partial charge in [0.1, 0.15) is 0 Å². The Morgan fingerprint density at radius 3 is 2.61 bits per heavy atom. The summed E-state index contributed by atoms with van der Waals surface area (Å²) in [4.78, 5) is 14.0. The zero-order valence-corrected chi connectivity index (χ0v) is 12.8. The lowest BCUT2D eigenvalue weighted by Gasteiger charge is -2.27. The average Bonchev–Trinajstić information content (AvgIpc) is 2.65. The highest BCUT2D eigenvalue weighted by Gasteiger charge is 2.36. The smallest absolute Gasteiger partial charge is 0.222 e. The van der Waals surface area contributed by atoms with E-state index >= 15 is 0 Å². The highest BCUT2D eigenvalue weighted by Crippen LogP contribution is 2.34. The van der Waals surface area contributed by atoms with E-state index in [1.165, 1.54) is 6.42 Å². The third kappa shape index (κ3) is 4.60. The fourth-order valence-corrected chi connectivity index (χ4v) is 2.41. The van der Waals surface area contributed by atoms with Crippen LogP contribution in [0.5, 0.6) is 0 Å². The molecule has 2 atom stereocenters. The van der Waals surface area contributed by atoms with Gasteiger partial charge in [0.25, 0.3) is 0 Å². The molecule has 2 unspecified atom stereocenters. The van der Waals surface area contributed by atoms with Gasteiger partial charge in [-0.05, 0) is 37.6 Å². The highest BCUT2D eigenvalue weighted by atomic mass is 16.2. The van der Waals surface area contributed by atoms with Crippen LogP contribution in [0.1, 0.15) is 53.9 Å². The van der Waals surface area contributed by atoms with Gasteiger partial charge in [0.05, 0.1) is 0 Å². The molecule has 18 heavy (non-hydrogen) atoms. The third-order valence-corrected chi connectivity index (χ3v) is 4.01. The van der Waals surface area contributed by atoms with E-state index in [2.05, 4.69) is 44.8 Å². The molecule has 0 bridgehead atoms. The molecule has 1 aliphatic heterocycles. The summed E-state index contributed by atoms with van der Waals surface area (Å²) in [5.41, 5.74) is 0.247. The van der Waals surface area contributed by atoms with Crippen molar-refractivity contribution in [1.29, 1.82) is 0 Å². The monoisotopic (exact) mass is 254 g/mol. The van der Waals surface area contributed by atoms with E-state index in [4.69, 9.17) is 0 Å². The maximum atomic E-state index is 12.0. The van der Waals surface area contributed by atoms with Crippen LogP contribution in [0.25, 0.3) is 0 Å². The van der Waals surface area contributed by atoms with Gasteiger partial charge in [0.2, 0.25) is 5.91 Å². The molecular formula is C15H30N2O. The van der Waals surface area contributed by atoms with Crippen molar-refractivity contribution in [2.24, 2.45) is 11.3 Å². The van der Waals surface area contributed by atoms with E-state index in [-0.39, 0.29) is 5.41 Å². The molecule has 1 rings (SSSR count).